The van der Waals surface area contributed by atoms with E-state index in [2.05, 4.69) is 5.32 Å². The quantitative estimate of drug-likeness (QED) is 0.181. The van der Waals surface area contributed by atoms with Crippen molar-refractivity contribution in [2.45, 2.75) is 69.5 Å². The van der Waals surface area contributed by atoms with Gasteiger partial charge < -0.3 is 10.2 Å². The zero-order valence-corrected chi connectivity index (χ0v) is 27.8. The Morgan fingerprint density at radius 1 is 0.848 bits per heavy atom. The van der Waals surface area contributed by atoms with E-state index in [1.807, 2.05) is 61.5 Å². The van der Waals surface area contributed by atoms with Crippen molar-refractivity contribution in [1.82, 2.24) is 10.2 Å². The molecule has 0 spiro atoms. The highest BCUT2D eigenvalue weighted by molar-refractivity contribution is 7.92. The minimum atomic E-state index is -4.18. The van der Waals surface area contributed by atoms with E-state index in [0.29, 0.717) is 16.3 Å². The van der Waals surface area contributed by atoms with Gasteiger partial charge in [-0.1, -0.05) is 103 Å². The van der Waals surface area contributed by atoms with Crippen LogP contribution in [0, 0.1) is 13.8 Å². The van der Waals surface area contributed by atoms with Gasteiger partial charge in [-0.15, -0.1) is 0 Å². The summed E-state index contributed by atoms with van der Waals surface area (Å²) in [4.78, 5) is 30.4. The first-order valence-corrected chi connectivity index (χ1v) is 17.5. The van der Waals surface area contributed by atoms with Crippen LogP contribution in [0.3, 0.4) is 0 Å². The molecule has 2 amide bonds. The van der Waals surface area contributed by atoms with E-state index in [-0.39, 0.29) is 29.8 Å². The molecule has 7 nitrogen and oxygen atoms in total. The van der Waals surface area contributed by atoms with Crippen molar-refractivity contribution >= 4 is 39.1 Å². The second-order valence-electron chi connectivity index (χ2n) is 12.0. The molecule has 0 heterocycles. The largest absolute Gasteiger partial charge is 0.352 e. The molecule has 1 saturated carbocycles. The highest BCUT2D eigenvalue weighted by Gasteiger charge is 2.36. The first-order valence-electron chi connectivity index (χ1n) is 15.6. The van der Waals surface area contributed by atoms with E-state index in [1.54, 1.807) is 48.2 Å². The van der Waals surface area contributed by atoms with E-state index in [4.69, 9.17) is 11.6 Å². The minimum absolute atomic E-state index is 0.0494. The Morgan fingerprint density at radius 2 is 1.50 bits per heavy atom. The van der Waals surface area contributed by atoms with E-state index in [9.17, 15) is 18.0 Å². The highest BCUT2D eigenvalue weighted by atomic mass is 35.5. The topological polar surface area (TPSA) is 86.8 Å². The third kappa shape index (κ3) is 8.17. The zero-order chi connectivity index (χ0) is 32.7. The van der Waals surface area contributed by atoms with Crippen LogP contribution in [0.5, 0.6) is 0 Å². The van der Waals surface area contributed by atoms with Crippen molar-refractivity contribution in [2.75, 3.05) is 10.8 Å². The van der Waals surface area contributed by atoms with E-state index >= 15 is 0 Å². The van der Waals surface area contributed by atoms with Crippen LogP contribution in [0.25, 0.3) is 0 Å². The molecule has 9 heteroatoms. The number of sulfonamides is 1. The van der Waals surface area contributed by atoms with Crippen molar-refractivity contribution in [3.05, 3.63) is 130 Å². The normalized spacial score (nSPS) is 14.1. The number of halogens is 1. The van der Waals surface area contributed by atoms with Gasteiger partial charge in [0.25, 0.3) is 10.0 Å². The maximum atomic E-state index is 14.7. The van der Waals surface area contributed by atoms with Crippen LogP contribution in [0.2, 0.25) is 5.02 Å². The fourth-order valence-corrected chi connectivity index (χ4v) is 7.79. The van der Waals surface area contributed by atoms with Gasteiger partial charge in [-0.2, -0.15) is 0 Å². The smallest absolute Gasteiger partial charge is 0.264 e. The Labute approximate surface area is 277 Å². The summed E-state index contributed by atoms with van der Waals surface area (Å²) in [6, 6.07) is 29.5. The number of benzene rings is 4. The number of aryl methyl sites for hydroxylation is 2. The van der Waals surface area contributed by atoms with Crippen LogP contribution in [0.1, 0.15) is 47.9 Å². The second kappa shape index (κ2) is 15.0. The summed E-state index contributed by atoms with van der Waals surface area (Å²) >= 11 is 6.25. The van der Waals surface area contributed by atoms with Crippen LogP contribution in [0.4, 0.5) is 5.69 Å². The molecule has 240 valence electrons. The molecule has 4 aromatic carbocycles. The Kier molecular flexibility index (Phi) is 10.8. The maximum Gasteiger partial charge on any atom is 0.264 e. The lowest BCUT2D eigenvalue weighted by atomic mass is 10.0. The number of hydrogen-bond donors (Lipinski definition) is 1. The first kappa shape index (κ1) is 33.2. The predicted octanol–water partition coefficient (Wildman–Crippen LogP) is 6.85. The van der Waals surface area contributed by atoms with Gasteiger partial charge in [0.1, 0.15) is 12.6 Å². The van der Waals surface area contributed by atoms with E-state index < -0.39 is 28.5 Å². The average Bonchev–Trinajstić information content (AvgIpc) is 3.56. The molecule has 1 aliphatic carbocycles. The van der Waals surface area contributed by atoms with Gasteiger partial charge >= 0.3 is 0 Å². The molecule has 0 radical (unpaired) electrons. The Balaban J connectivity index is 1.58. The molecular weight excluding hydrogens is 618 g/mol. The summed E-state index contributed by atoms with van der Waals surface area (Å²) < 4.78 is 29.5. The van der Waals surface area contributed by atoms with Crippen molar-refractivity contribution in [2.24, 2.45) is 0 Å². The maximum absolute atomic E-state index is 14.7. The van der Waals surface area contributed by atoms with Crippen molar-refractivity contribution in [3.63, 3.8) is 0 Å². The van der Waals surface area contributed by atoms with Crippen molar-refractivity contribution in [1.29, 1.82) is 0 Å². The Bertz CT molecular complexity index is 1760. The highest BCUT2D eigenvalue weighted by Crippen LogP contribution is 2.30. The molecule has 0 aromatic heterocycles. The molecule has 1 N–H and O–H groups in total. The lowest BCUT2D eigenvalue weighted by Gasteiger charge is -2.34. The van der Waals surface area contributed by atoms with Gasteiger partial charge in [0, 0.05) is 24.0 Å². The number of carbonyl (C=O) groups is 2. The molecular formula is C37H40ClN3O4S. The number of rotatable bonds is 12. The summed E-state index contributed by atoms with van der Waals surface area (Å²) in [6.07, 6.45) is 4.17. The summed E-state index contributed by atoms with van der Waals surface area (Å²) in [6.45, 7) is 3.36. The predicted molar refractivity (Wildman–Crippen MR) is 183 cm³/mol. The lowest BCUT2D eigenvalue weighted by Crippen LogP contribution is -2.54. The van der Waals surface area contributed by atoms with Crippen LogP contribution in [-0.2, 0) is 32.6 Å². The van der Waals surface area contributed by atoms with Gasteiger partial charge in [-0.05, 0) is 73.7 Å². The molecule has 46 heavy (non-hydrogen) atoms. The van der Waals surface area contributed by atoms with Crippen molar-refractivity contribution in [3.8, 4) is 0 Å². The van der Waals surface area contributed by atoms with E-state index in [0.717, 1.165) is 46.7 Å². The second-order valence-corrected chi connectivity index (χ2v) is 14.3. The van der Waals surface area contributed by atoms with Crippen LogP contribution in [-0.4, -0.2) is 43.8 Å². The first-order chi connectivity index (χ1) is 22.1. The molecule has 0 bridgehead atoms. The molecule has 1 atom stereocenters. The summed E-state index contributed by atoms with van der Waals surface area (Å²) in [5.74, 6) is -0.727. The number of hydrogen-bond acceptors (Lipinski definition) is 4. The summed E-state index contributed by atoms with van der Waals surface area (Å²) in [5, 5.41) is 3.66. The fraction of sp³-hybridized carbons (Fsp3) is 0.297. The van der Waals surface area contributed by atoms with Crippen LogP contribution < -0.4 is 9.62 Å². The van der Waals surface area contributed by atoms with Gasteiger partial charge in [0.15, 0.2) is 0 Å². The number of nitrogens with one attached hydrogen (secondary N) is 1. The molecule has 0 saturated heterocycles. The fourth-order valence-electron chi connectivity index (χ4n) is 6.06. The third-order valence-corrected chi connectivity index (χ3v) is 10.5. The molecule has 4 aromatic rings. The summed E-state index contributed by atoms with van der Waals surface area (Å²) in [5.41, 5.74) is 3.71. The summed E-state index contributed by atoms with van der Waals surface area (Å²) in [7, 11) is -4.18. The number of amides is 2. The van der Waals surface area contributed by atoms with Gasteiger partial charge in [0.05, 0.1) is 10.6 Å². The molecule has 0 unspecified atom stereocenters. The monoisotopic (exact) mass is 657 g/mol. The van der Waals surface area contributed by atoms with Crippen LogP contribution >= 0.6 is 11.6 Å². The van der Waals surface area contributed by atoms with Crippen molar-refractivity contribution < 1.29 is 18.0 Å². The average molecular weight is 658 g/mol. The Hall–Kier alpha value is -4.14. The SMILES string of the molecule is Cc1cccc(CN(C(=O)CN(c2ccc(Cl)cc2C)S(=O)(=O)c2ccccc2)[C@H](Cc2ccccc2)C(=O)NC2CCCC2)c1. The molecule has 1 fully saturated rings. The number of anilines is 1. The van der Waals surface area contributed by atoms with Crippen LogP contribution in [0.15, 0.2) is 108 Å². The minimum Gasteiger partial charge on any atom is -0.352 e. The number of carbonyl (C=O) groups excluding carboxylic acids is 2. The molecule has 1 aliphatic rings. The molecule has 0 aliphatic heterocycles. The third-order valence-electron chi connectivity index (χ3n) is 8.45. The van der Waals surface area contributed by atoms with Gasteiger partial charge in [-0.3, -0.25) is 13.9 Å². The lowest BCUT2D eigenvalue weighted by molar-refractivity contribution is -0.140. The zero-order valence-electron chi connectivity index (χ0n) is 26.2. The number of nitrogens with zero attached hydrogens (tertiary/aromatic N) is 2. The standard InChI is InChI=1S/C37H40ClN3O4S/c1-27-12-11-15-30(22-27)25-40(35(24-29-13-5-3-6-14-29)37(43)39-32-16-9-10-17-32)36(42)26-41(34-21-20-31(38)23-28(34)2)46(44,45)33-18-7-4-8-19-33/h3-8,11-15,18-23,32,35H,9-10,16-17,24-26H2,1-2H3,(H,39,43)/t35-/m1/s1. The van der Waals surface area contributed by atoms with Gasteiger partial charge in [0.2, 0.25) is 11.8 Å². The van der Waals surface area contributed by atoms with Gasteiger partial charge in [-0.25, -0.2) is 8.42 Å². The Morgan fingerprint density at radius 3 is 2.15 bits per heavy atom. The molecule has 5 rings (SSSR count). The van der Waals surface area contributed by atoms with E-state index in [1.165, 1.54) is 12.1 Å².